The highest BCUT2D eigenvalue weighted by Gasteiger charge is 2.21. The van der Waals surface area contributed by atoms with Crippen LogP contribution in [-0.4, -0.2) is 22.4 Å². The van der Waals surface area contributed by atoms with E-state index >= 15 is 0 Å². The monoisotopic (exact) mass is 501 g/mol. The van der Waals surface area contributed by atoms with Crippen molar-refractivity contribution in [3.8, 4) is 17.0 Å². The second-order valence-corrected chi connectivity index (χ2v) is 12.8. The molecule has 0 aliphatic rings. The molecule has 0 aliphatic heterocycles. The number of rotatable bonds is 10. The largest absolute Gasteiger partial charge is 0.494 e. The number of hydrogen-bond donors (Lipinski definition) is 1. The summed E-state index contributed by atoms with van der Waals surface area (Å²) in [6.07, 6.45) is 3.14. The number of pyridine rings is 1. The SMILES string of the molecule is CCOc1cccc(-c2nc(Nc3ncc(C(C)(P)P)cc3C(=O)CC)sc2CC(C)C)c1. The second-order valence-electron chi connectivity index (χ2n) is 8.65. The lowest BCUT2D eigenvalue weighted by molar-refractivity contribution is 0.0988. The van der Waals surface area contributed by atoms with Gasteiger partial charge in [-0.25, -0.2) is 9.97 Å². The zero-order valence-corrected chi connectivity index (χ0v) is 23.1. The number of carbonyl (C=O) groups excluding carboxylic acids is 1. The van der Waals surface area contributed by atoms with E-state index < -0.39 is 0 Å². The highest BCUT2D eigenvalue weighted by molar-refractivity contribution is 7.38. The Hall–Kier alpha value is -1.87. The molecule has 0 fully saturated rings. The van der Waals surface area contributed by atoms with Gasteiger partial charge in [-0.05, 0) is 49.9 Å². The van der Waals surface area contributed by atoms with Crippen LogP contribution < -0.4 is 10.1 Å². The van der Waals surface area contributed by atoms with Gasteiger partial charge in [0, 0.05) is 28.0 Å². The summed E-state index contributed by atoms with van der Waals surface area (Å²) >= 11 is 1.61. The van der Waals surface area contributed by atoms with Crippen LogP contribution in [0.25, 0.3) is 11.3 Å². The van der Waals surface area contributed by atoms with Gasteiger partial charge in [0.1, 0.15) is 11.6 Å². The number of ether oxygens (including phenoxy) is 1. The molecule has 2 heterocycles. The number of hydrogen-bond acceptors (Lipinski definition) is 6. The molecule has 3 aromatic rings. The zero-order chi connectivity index (χ0) is 24.2. The molecule has 2 unspecified atom stereocenters. The van der Waals surface area contributed by atoms with Crippen molar-refractivity contribution in [1.82, 2.24) is 9.97 Å². The Balaban J connectivity index is 2.02. The van der Waals surface area contributed by atoms with E-state index in [1.165, 1.54) is 4.88 Å². The summed E-state index contributed by atoms with van der Waals surface area (Å²) < 4.78 is 5.69. The Morgan fingerprint density at radius 2 is 2.00 bits per heavy atom. The second kappa shape index (κ2) is 11.0. The lowest BCUT2D eigenvalue weighted by Gasteiger charge is -2.20. The number of Topliss-reactive ketones (excluding diaryl/α,β-unsaturated/α-hetero) is 1. The molecule has 0 saturated heterocycles. The Bertz CT molecular complexity index is 1120. The highest BCUT2D eigenvalue weighted by atomic mass is 32.1. The Morgan fingerprint density at radius 1 is 1.24 bits per heavy atom. The summed E-state index contributed by atoms with van der Waals surface area (Å²) in [6.45, 7) is 10.9. The fraction of sp³-hybridized carbons (Fsp3) is 0.400. The number of benzene rings is 1. The van der Waals surface area contributed by atoms with Crippen molar-refractivity contribution >= 4 is 46.5 Å². The molecule has 0 spiro atoms. The first kappa shape index (κ1) is 25.7. The van der Waals surface area contributed by atoms with Gasteiger partial charge in [-0.15, -0.1) is 29.8 Å². The van der Waals surface area contributed by atoms with Gasteiger partial charge in [0.15, 0.2) is 10.9 Å². The average molecular weight is 502 g/mol. The molecule has 33 heavy (non-hydrogen) atoms. The van der Waals surface area contributed by atoms with E-state index in [1.54, 1.807) is 11.3 Å². The van der Waals surface area contributed by atoms with Gasteiger partial charge in [0.2, 0.25) is 0 Å². The number of thiazole rings is 1. The Morgan fingerprint density at radius 3 is 2.64 bits per heavy atom. The molecule has 0 saturated carbocycles. The number of anilines is 2. The number of nitrogens with zero attached hydrogens (tertiary/aromatic N) is 2. The molecule has 0 bridgehead atoms. The van der Waals surface area contributed by atoms with Crippen LogP contribution in [0.2, 0.25) is 0 Å². The van der Waals surface area contributed by atoms with E-state index in [0.717, 1.165) is 34.1 Å². The van der Waals surface area contributed by atoms with Crippen LogP contribution in [-0.2, 0) is 11.3 Å². The summed E-state index contributed by atoms with van der Waals surface area (Å²) in [4.78, 5) is 23.2. The summed E-state index contributed by atoms with van der Waals surface area (Å²) in [7, 11) is 5.55. The third kappa shape index (κ3) is 6.59. The summed E-state index contributed by atoms with van der Waals surface area (Å²) in [5.74, 6) is 1.92. The van der Waals surface area contributed by atoms with E-state index in [4.69, 9.17) is 9.72 Å². The first-order valence-electron chi connectivity index (χ1n) is 11.2. The van der Waals surface area contributed by atoms with E-state index in [9.17, 15) is 4.79 Å². The number of ketones is 1. The average Bonchev–Trinajstić information content (AvgIpc) is 3.14. The number of carbonyl (C=O) groups is 1. The fourth-order valence-electron chi connectivity index (χ4n) is 3.40. The first-order valence-corrected chi connectivity index (χ1v) is 13.2. The van der Waals surface area contributed by atoms with Crippen LogP contribution in [0.4, 0.5) is 10.9 Å². The van der Waals surface area contributed by atoms with Crippen LogP contribution in [0.3, 0.4) is 0 Å². The van der Waals surface area contributed by atoms with Crippen molar-refractivity contribution in [3.05, 3.63) is 52.5 Å². The lowest BCUT2D eigenvalue weighted by Crippen LogP contribution is -2.10. The zero-order valence-electron chi connectivity index (χ0n) is 19.9. The smallest absolute Gasteiger partial charge is 0.189 e. The third-order valence-electron chi connectivity index (χ3n) is 5.07. The van der Waals surface area contributed by atoms with Crippen molar-refractivity contribution in [2.45, 2.75) is 52.4 Å². The van der Waals surface area contributed by atoms with Crippen molar-refractivity contribution in [2.24, 2.45) is 5.92 Å². The molecule has 5 nitrogen and oxygen atoms in total. The molecule has 176 valence electrons. The third-order valence-corrected chi connectivity index (χ3v) is 6.73. The predicted molar refractivity (Wildman–Crippen MR) is 146 cm³/mol. The van der Waals surface area contributed by atoms with Gasteiger partial charge in [-0.1, -0.05) is 32.9 Å². The predicted octanol–water partition coefficient (Wildman–Crippen LogP) is 7.06. The molecular formula is C25H33N3O2P2S. The van der Waals surface area contributed by atoms with Gasteiger partial charge in [-0.2, -0.15) is 0 Å². The molecule has 3 rings (SSSR count). The van der Waals surface area contributed by atoms with Crippen molar-refractivity contribution < 1.29 is 9.53 Å². The van der Waals surface area contributed by atoms with Crippen LogP contribution in [0.15, 0.2) is 36.5 Å². The van der Waals surface area contributed by atoms with Gasteiger partial charge in [0.25, 0.3) is 0 Å². The summed E-state index contributed by atoms with van der Waals surface area (Å²) in [5, 5.41) is 4.07. The minimum atomic E-state index is -0.251. The van der Waals surface area contributed by atoms with Crippen LogP contribution >= 0.6 is 29.8 Å². The van der Waals surface area contributed by atoms with Crippen LogP contribution in [0.5, 0.6) is 5.75 Å². The minimum absolute atomic E-state index is 0.0506. The quantitative estimate of drug-likeness (QED) is 0.238. The van der Waals surface area contributed by atoms with E-state index in [1.807, 2.05) is 51.2 Å². The van der Waals surface area contributed by atoms with Crippen LogP contribution in [0, 0.1) is 5.92 Å². The van der Waals surface area contributed by atoms with Gasteiger partial charge < -0.3 is 10.1 Å². The summed E-state index contributed by atoms with van der Waals surface area (Å²) in [5.41, 5.74) is 3.52. The van der Waals surface area contributed by atoms with Gasteiger partial charge >= 0.3 is 0 Å². The molecule has 8 heteroatoms. The van der Waals surface area contributed by atoms with Gasteiger partial charge in [0.05, 0.1) is 17.9 Å². The molecular weight excluding hydrogens is 468 g/mol. The van der Waals surface area contributed by atoms with E-state index in [2.05, 4.69) is 48.7 Å². The Kier molecular flexibility index (Phi) is 8.61. The van der Waals surface area contributed by atoms with Crippen molar-refractivity contribution in [3.63, 3.8) is 0 Å². The Labute approximate surface area is 205 Å². The topological polar surface area (TPSA) is 64.1 Å². The van der Waals surface area contributed by atoms with Crippen molar-refractivity contribution in [2.75, 3.05) is 11.9 Å². The van der Waals surface area contributed by atoms with E-state index in [-0.39, 0.29) is 10.7 Å². The molecule has 1 aromatic carbocycles. The van der Waals surface area contributed by atoms with Gasteiger partial charge in [-0.3, -0.25) is 4.79 Å². The first-order chi connectivity index (χ1) is 15.6. The maximum absolute atomic E-state index is 12.7. The lowest BCUT2D eigenvalue weighted by atomic mass is 10.0. The summed E-state index contributed by atoms with van der Waals surface area (Å²) in [6, 6.07) is 9.97. The normalized spacial score (nSPS) is 11.6. The highest BCUT2D eigenvalue weighted by Crippen LogP contribution is 2.40. The standard InChI is InChI=1S/C25H33N3O2P2S/c1-6-20(29)19-13-17(25(5,31)32)14-26-23(19)28-24-27-22(21(33-24)11-15(3)4)16-9-8-10-18(12-16)30-7-2/h8-10,12-15H,6-7,11,31-32H2,1-5H3,(H,26,27,28). The molecule has 2 atom stereocenters. The van der Waals surface area contributed by atoms with E-state index in [0.29, 0.717) is 30.3 Å². The molecule has 2 aromatic heterocycles. The number of nitrogens with one attached hydrogen (secondary N) is 1. The van der Waals surface area contributed by atoms with Crippen molar-refractivity contribution in [1.29, 1.82) is 0 Å². The molecule has 1 N–H and O–H groups in total. The maximum Gasteiger partial charge on any atom is 0.189 e. The van der Waals surface area contributed by atoms with Crippen LogP contribution in [0.1, 0.15) is 61.8 Å². The fourth-order valence-corrected chi connectivity index (χ4v) is 4.91. The minimum Gasteiger partial charge on any atom is -0.494 e. The maximum atomic E-state index is 12.7. The molecule has 0 aliphatic carbocycles. The molecule has 0 radical (unpaired) electrons. The molecule has 0 amide bonds. The number of aromatic nitrogens is 2.